The van der Waals surface area contributed by atoms with Crippen molar-refractivity contribution in [2.45, 2.75) is 25.8 Å². The molecule has 13 heavy (non-hydrogen) atoms. The van der Waals surface area contributed by atoms with Crippen molar-refractivity contribution in [3.05, 3.63) is 22.4 Å². The Morgan fingerprint density at radius 2 is 2.46 bits per heavy atom. The van der Waals surface area contributed by atoms with Crippen LogP contribution in [0.2, 0.25) is 0 Å². The van der Waals surface area contributed by atoms with E-state index in [1.165, 1.54) is 4.88 Å². The Balaban J connectivity index is 2.14. The number of nitrogens with one attached hydrogen (secondary N) is 1. The highest BCUT2D eigenvalue weighted by Crippen LogP contribution is 2.10. The van der Waals surface area contributed by atoms with Crippen molar-refractivity contribution in [3.8, 4) is 0 Å². The molecule has 1 aromatic heterocycles. The minimum atomic E-state index is -0.223. The van der Waals surface area contributed by atoms with Crippen LogP contribution in [0.1, 0.15) is 18.2 Å². The molecular formula is C10H16FNS. The molecule has 74 valence electrons. The first-order chi connectivity index (χ1) is 6.33. The average Bonchev–Trinajstić information content (AvgIpc) is 2.57. The molecule has 1 heterocycles. The molecule has 3 heteroatoms. The second kappa shape index (κ2) is 6.11. The third-order valence-corrected chi connectivity index (χ3v) is 2.79. The predicted octanol–water partition coefficient (Wildman–Crippen LogP) is 2.63. The average molecular weight is 201 g/mol. The Morgan fingerprint density at radius 3 is 3.08 bits per heavy atom. The largest absolute Gasteiger partial charge is 0.314 e. The van der Waals surface area contributed by atoms with E-state index in [0.29, 0.717) is 12.5 Å². The second-order valence-electron chi connectivity index (χ2n) is 3.18. The van der Waals surface area contributed by atoms with Crippen LogP contribution in [0.3, 0.4) is 0 Å². The quantitative estimate of drug-likeness (QED) is 0.698. The molecule has 1 rings (SSSR count). The molecule has 0 aliphatic rings. The fourth-order valence-electron chi connectivity index (χ4n) is 1.22. The van der Waals surface area contributed by atoms with Crippen LogP contribution in [-0.4, -0.2) is 19.3 Å². The maximum Gasteiger partial charge on any atom is 0.0906 e. The van der Waals surface area contributed by atoms with Crippen LogP contribution in [0.4, 0.5) is 4.39 Å². The van der Waals surface area contributed by atoms with E-state index in [4.69, 9.17) is 0 Å². The zero-order valence-electron chi connectivity index (χ0n) is 7.92. The van der Waals surface area contributed by atoms with Gasteiger partial charge in [0.25, 0.3) is 0 Å². The summed E-state index contributed by atoms with van der Waals surface area (Å²) in [6.07, 6.45) is 1.67. The molecule has 0 amide bonds. The smallest absolute Gasteiger partial charge is 0.0906 e. The molecule has 0 radical (unpaired) electrons. The normalized spacial score (nSPS) is 13.1. The van der Waals surface area contributed by atoms with Gasteiger partial charge in [-0.3, -0.25) is 4.39 Å². The molecule has 1 N–H and O–H groups in total. The van der Waals surface area contributed by atoms with Crippen molar-refractivity contribution in [1.82, 2.24) is 5.32 Å². The summed E-state index contributed by atoms with van der Waals surface area (Å²) in [5.74, 6) is 0. The molecule has 0 spiro atoms. The van der Waals surface area contributed by atoms with E-state index in [2.05, 4.69) is 29.8 Å². The Bertz CT molecular complexity index is 211. The van der Waals surface area contributed by atoms with Crippen LogP contribution in [0.15, 0.2) is 17.5 Å². The molecule has 0 aliphatic heterocycles. The van der Waals surface area contributed by atoms with Gasteiger partial charge < -0.3 is 5.32 Å². The molecule has 0 aliphatic carbocycles. The lowest BCUT2D eigenvalue weighted by molar-refractivity contribution is 0.442. The number of alkyl halides is 1. The fourth-order valence-corrected chi connectivity index (χ4v) is 2.05. The van der Waals surface area contributed by atoms with Gasteiger partial charge in [-0.1, -0.05) is 6.07 Å². The van der Waals surface area contributed by atoms with Crippen LogP contribution in [0.25, 0.3) is 0 Å². The molecule has 0 saturated heterocycles. The van der Waals surface area contributed by atoms with Crippen LogP contribution < -0.4 is 5.32 Å². The fraction of sp³-hybridized carbons (Fsp3) is 0.600. The van der Waals surface area contributed by atoms with E-state index in [0.717, 1.165) is 13.0 Å². The van der Waals surface area contributed by atoms with E-state index < -0.39 is 0 Å². The summed E-state index contributed by atoms with van der Waals surface area (Å²) in [6, 6.07) is 4.65. The second-order valence-corrected chi connectivity index (χ2v) is 4.21. The molecule has 1 nitrogen and oxygen atoms in total. The van der Waals surface area contributed by atoms with Gasteiger partial charge in [-0.15, -0.1) is 11.3 Å². The predicted molar refractivity (Wildman–Crippen MR) is 56.1 cm³/mol. The molecule has 0 aromatic carbocycles. The van der Waals surface area contributed by atoms with Crippen LogP contribution in [-0.2, 0) is 6.42 Å². The Hall–Kier alpha value is -0.410. The van der Waals surface area contributed by atoms with Crippen LogP contribution >= 0.6 is 11.3 Å². The minimum Gasteiger partial charge on any atom is -0.314 e. The van der Waals surface area contributed by atoms with E-state index in [-0.39, 0.29) is 6.67 Å². The molecule has 0 bridgehead atoms. The van der Waals surface area contributed by atoms with Gasteiger partial charge >= 0.3 is 0 Å². The summed E-state index contributed by atoms with van der Waals surface area (Å²) >= 11 is 1.78. The highest BCUT2D eigenvalue weighted by molar-refractivity contribution is 7.09. The van der Waals surface area contributed by atoms with Gasteiger partial charge in [-0.25, -0.2) is 0 Å². The van der Waals surface area contributed by atoms with Crippen molar-refractivity contribution >= 4 is 11.3 Å². The SMILES string of the molecule is CC(Cc1cccs1)NCCCF. The highest BCUT2D eigenvalue weighted by atomic mass is 32.1. The standard InChI is InChI=1S/C10H16FNS/c1-9(12-6-3-5-11)8-10-4-2-7-13-10/h2,4,7,9,12H,3,5-6,8H2,1H3. The first-order valence-electron chi connectivity index (χ1n) is 4.64. The number of halogens is 1. The summed E-state index contributed by atoms with van der Waals surface area (Å²) in [6.45, 7) is 2.69. The maximum atomic E-state index is 11.8. The van der Waals surface area contributed by atoms with Crippen molar-refractivity contribution in [3.63, 3.8) is 0 Å². The zero-order valence-corrected chi connectivity index (χ0v) is 8.74. The maximum absolute atomic E-state index is 11.8. The first kappa shape index (κ1) is 10.7. The van der Waals surface area contributed by atoms with E-state index in [1.54, 1.807) is 11.3 Å². The zero-order chi connectivity index (χ0) is 9.52. The van der Waals surface area contributed by atoms with Gasteiger partial charge in [-0.2, -0.15) is 0 Å². The van der Waals surface area contributed by atoms with Gasteiger partial charge in [-0.05, 0) is 37.8 Å². The molecule has 1 aromatic rings. The van der Waals surface area contributed by atoms with Crippen molar-refractivity contribution in [2.75, 3.05) is 13.2 Å². The van der Waals surface area contributed by atoms with Crippen LogP contribution in [0, 0.1) is 0 Å². The number of thiophene rings is 1. The topological polar surface area (TPSA) is 12.0 Å². The lowest BCUT2D eigenvalue weighted by Crippen LogP contribution is -2.28. The van der Waals surface area contributed by atoms with Gasteiger partial charge in [0.1, 0.15) is 0 Å². The summed E-state index contributed by atoms with van der Waals surface area (Å²) in [5, 5.41) is 5.38. The molecule has 0 saturated carbocycles. The van der Waals surface area contributed by atoms with Crippen molar-refractivity contribution in [1.29, 1.82) is 0 Å². The lowest BCUT2D eigenvalue weighted by Gasteiger charge is -2.11. The van der Waals surface area contributed by atoms with Gasteiger partial charge in [0.05, 0.1) is 6.67 Å². The first-order valence-corrected chi connectivity index (χ1v) is 5.52. The van der Waals surface area contributed by atoms with Gasteiger partial charge in [0, 0.05) is 10.9 Å². The lowest BCUT2D eigenvalue weighted by atomic mass is 10.2. The Labute approximate surface area is 83.0 Å². The Morgan fingerprint density at radius 1 is 1.62 bits per heavy atom. The summed E-state index contributed by atoms with van der Waals surface area (Å²) in [7, 11) is 0. The summed E-state index contributed by atoms with van der Waals surface area (Å²) < 4.78 is 11.8. The van der Waals surface area contributed by atoms with Gasteiger partial charge in [0.15, 0.2) is 0 Å². The van der Waals surface area contributed by atoms with Gasteiger partial charge in [0.2, 0.25) is 0 Å². The minimum absolute atomic E-state index is 0.223. The summed E-state index contributed by atoms with van der Waals surface area (Å²) in [5.41, 5.74) is 0. The van der Waals surface area contributed by atoms with E-state index in [1.807, 2.05) is 0 Å². The molecule has 1 atom stereocenters. The molecule has 1 unspecified atom stereocenters. The van der Waals surface area contributed by atoms with Crippen molar-refractivity contribution < 1.29 is 4.39 Å². The number of hydrogen-bond acceptors (Lipinski definition) is 2. The molecular weight excluding hydrogens is 185 g/mol. The third-order valence-electron chi connectivity index (χ3n) is 1.89. The monoisotopic (exact) mass is 201 g/mol. The third kappa shape index (κ3) is 4.39. The van der Waals surface area contributed by atoms with Crippen LogP contribution in [0.5, 0.6) is 0 Å². The number of rotatable bonds is 6. The summed E-state index contributed by atoms with van der Waals surface area (Å²) in [4.78, 5) is 1.39. The van der Waals surface area contributed by atoms with E-state index >= 15 is 0 Å². The van der Waals surface area contributed by atoms with E-state index in [9.17, 15) is 4.39 Å². The highest BCUT2D eigenvalue weighted by Gasteiger charge is 2.02. The molecule has 0 fully saturated rings. The Kier molecular flexibility index (Phi) is 5.01. The number of hydrogen-bond donors (Lipinski definition) is 1. The van der Waals surface area contributed by atoms with Crippen molar-refractivity contribution in [2.24, 2.45) is 0 Å².